The summed E-state index contributed by atoms with van der Waals surface area (Å²) in [5, 5.41) is 3.02. The number of fused-ring (bicyclic) bond motifs is 1. The summed E-state index contributed by atoms with van der Waals surface area (Å²) >= 11 is 0. The van der Waals surface area contributed by atoms with Gasteiger partial charge in [0.15, 0.2) is 17.0 Å². The van der Waals surface area contributed by atoms with Crippen molar-refractivity contribution in [2.45, 2.75) is 32.0 Å². The zero-order chi connectivity index (χ0) is 18.3. The number of alkyl halides is 3. The number of imidazole rings is 1. The maximum atomic E-state index is 13.3. The van der Waals surface area contributed by atoms with E-state index in [-0.39, 0.29) is 17.5 Å². The minimum atomic E-state index is -4.65. The number of rotatable bonds is 5. The van der Waals surface area contributed by atoms with Gasteiger partial charge in [0.25, 0.3) is 0 Å². The number of aromatic nitrogens is 4. The van der Waals surface area contributed by atoms with Gasteiger partial charge in [-0.1, -0.05) is 12.1 Å². The molecule has 0 spiro atoms. The molecule has 4 rings (SSSR count). The lowest BCUT2D eigenvalue weighted by atomic mass is 10.3. The second-order valence-corrected chi connectivity index (χ2v) is 6.00. The van der Waals surface area contributed by atoms with Crippen molar-refractivity contribution >= 4 is 17.0 Å². The van der Waals surface area contributed by atoms with E-state index in [0.29, 0.717) is 23.6 Å². The summed E-state index contributed by atoms with van der Waals surface area (Å²) in [4.78, 5) is 11.7. The predicted octanol–water partition coefficient (Wildman–Crippen LogP) is 3.81. The fraction of sp³-hybridized carbons (Fsp3) is 0.353. The molecule has 1 fully saturated rings. The Morgan fingerprint density at radius 3 is 2.69 bits per heavy atom. The molecule has 0 aliphatic heterocycles. The molecule has 1 aliphatic rings. The summed E-state index contributed by atoms with van der Waals surface area (Å²) in [6.45, 7) is 2.27. The minimum absolute atomic E-state index is 0.0858. The highest BCUT2D eigenvalue weighted by Gasteiger charge is 2.37. The van der Waals surface area contributed by atoms with E-state index in [4.69, 9.17) is 4.74 Å². The van der Waals surface area contributed by atoms with Crippen molar-refractivity contribution < 1.29 is 17.9 Å². The third-order valence-corrected chi connectivity index (χ3v) is 3.99. The molecule has 0 unspecified atom stereocenters. The largest absolute Gasteiger partial charge is 0.492 e. The topological polar surface area (TPSA) is 64.9 Å². The van der Waals surface area contributed by atoms with Crippen LogP contribution in [0.5, 0.6) is 5.75 Å². The Morgan fingerprint density at radius 2 is 2.00 bits per heavy atom. The van der Waals surface area contributed by atoms with Gasteiger partial charge in [0, 0.05) is 6.04 Å². The quantitative estimate of drug-likeness (QED) is 0.747. The first kappa shape index (κ1) is 16.6. The van der Waals surface area contributed by atoms with Crippen molar-refractivity contribution in [2.75, 3.05) is 11.9 Å². The summed E-state index contributed by atoms with van der Waals surface area (Å²) in [5.74, 6) is -0.542. The van der Waals surface area contributed by atoms with Gasteiger partial charge >= 0.3 is 6.18 Å². The van der Waals surface area contributed by atoms with Crippen molar-refractivity contribution in [3.63, 3.8) is 0 Å². The van der Waals surface area contributed by atoms with E-state index >= 15 is 0 Å². The van der Waals surface area contributed by atoms with Gasteiger partial charge in [0.05, 0.1) is 12.3 Å². The van der Waals surface area contributed by atoms with Gasteiger partial charge < -0.3 is 10.1 Å². The van der Waals surface area contributed by atoms with Crippen molar-refractivity contribution in [1.29, 1.82) is 0 Å². The van der Waals surface area contributed by atoms with E-state index in [0.717, 1.165) is 12.8 Å². The molecule has 3 aromatic rings. The van der Waals surface area contributed by atoms with Crippen molar-refractivity contribution in [1.82, 2.24) is 19.5 Å². The van der Waals surface area contributed by atoms with E-state index in [1.807, 2.05) is 6.92 Å². The number of benzene rings is 1. The Balaban J connectivity index is 1.91. The first-order valence-corrected chi connectivity index (χ1v) is 8.28. The number of nitrogens with zero attached hydrogens (tertiary/aromatic N) is 4. The molecular formula is C17H16F3N5O. The van der Waals surface area contributed by atoms with E-state index in [1.54, 1.807) is 24.3 Å². The average Bonchev–Trinajstić information content (AvgIpc) is 3.31. The number of ether oxygens (including phenoxy) is 1. The normalized spacial score (nSPS) is 14.6. The van der Waals surface area contributed by atoms with Crippen molar-refractivity contribution in [3.8, 4) is 11.4 Å². The fourth-order valence-corrected chi connectivity index (χ4v) is 2.66. The average molecular weight is 363 g/mol. The van der Waals surface area contributed by atoms with Crippen LogP contribution in [0, 0.1) is 0 Å². The second-order valence-electron chi connectivity index (χ2n) is 6.00. The molecule has 0 bridgehead atoms. The Hall–Kier alpha value is -2.84. The molecule has 0 amide bonds. The highest BCUT2D eigenvalue weighted by molar-refractivity contribution is 5.85. The molecule has 2 heterocycles. The maximum absolute atomic E-state index is 13.3. The second kappa shape index (κ2) is 6.15. The molecule has 1 aliphatic carbocycles. The van der Waals surface area contributed by atoms with Gasteiger partial charge in [-0.2, -0.15) is 13.2 Å². The van der Waals surface area contributed by atoms with Crippen LogP contribution in [-0.4, -0.2) is 32.2 Å². The molecule has 0 atom stereocenters. The third kappa shape index (κ3) is 3.04. The van der Waals surface area contributed by atoms with Crippen LogP contribution in [0.4, 0.5) is 19.0 Å². The lowest BCUT2D eigenvalue weighted by Crippen LogP contribution is -2.15. The number of nitrogens with one attached hydrogen (secondary N) is 1. The Morgan fingerprint density at radius 1 is 1.23 bits per heavy atom. The zero-order valence-electron chi connectivity index (χ0n) is 13.9. The van der Waals surface area contributed by atoms with Crippen molar-refractivity contribution in [3.05, 3.63) is 36.4 Å². The summed E-state index contributed by atoms with van der Waals surface area (Å²) in [5.41, 5.74) is 0.958. The number of hydrogen-bond donors (Lipinski definition) is 1. The molecule has 136 valence electrons. The minimum Gasteiger partial charge on any atom is -0.492 e. The molecular weight excluding hydrogens is 347 g/mol. The molecule has 9 heteroatoms. The van der Waals surface area contributed by atoms with Crippen LogP contribution in [0.15, 0.2) is 30.6 Å². The SMILES string of the molecule is CCOc1ccccc1-n1cnc2c(NC3CC3)nc(C(F)(F)F)nc21. The number of anilines is 1. The monoisotopic (exact) mass is 363 g/mol. The smallest absolute Gasteiger partial charge is 0.451 e. The molecule has 26 heavy (non-hydrogen) atoms. The summed E-state index contributed by atoms with van der Waals surface area (Å²) in [6.07, 6.45) is -1.40. The standard InChI is InChI=1S/C17H16F3N5O/c1-2-26-12-6-4-3-5-11(12)25-9-21-13-14(22-10-7-8-10)23-16(17(18,19)20)24-15(13)25/h3-6,9-10H,2,7-8H2,1H3,(H,22,23,24). The summed E-state index contributed by atoms with van der Waals surface area (Å²) < 4.78 is 46.9. The third-order valence-electron chi connectivity index (χ3n) is 3.99. The molecule has 0 radical (unpaired) electrons. The van der Waals surface area contributed by atoms with Crippen LogP contribution < -0.4 is 10.1 Å². The summed E-state index contributed by atoms with van der Waals surface area (Å²) in [7, 11) is 0. The van der Waals surface area contributed by atoms with Crippen molar-refractivity contribution in [2.24, 2.45) is 0 Å². The molecule has 0 saturated heterocycles. The highest BCUT2D eigenvalue weighted by atomic mass is 19.4. The molecule has 2 aromatic heterocycles. The number of halogens is 3. The summed E-state index contributed by atoms with van der Waals surface area (Å²) in [6, 6.07) is 7.20. The van der Waals surface area contributed by atoms with Gasteiger partial charge in [-0.25, -0.2) is 15.0 Å². The van der Waals surface area contributed by atoms with E-state index in [9.17, 15) is 13.2 Å². The van der Waals surface area contributed by atoms with Gasteiger partial charge in [-0.15, -0.1) is 0 Å². The number of hydrogen-bond acceptors (Lipinski definition) is 5. The maximum Gasteiger partial charge on any atom is 0.451 e. The van der Waals surface area contributed by atoms with Crippen LogP contribution in [0.25, 0.3) is 16.9 Å². The Bertz CT molecular complexity index is 949. The van der Waals surface area contributed by atoms with Crippen LogP contribution in [-0.2, 0) is 6.18 Å². The fourth-order valence-electron chi connectivity index (χ4n) is 2.66. The Kier molecular flexibility index (Phi) is 3.93. The van der Waals surface area contributed by atoms with Crippen LogP contribution in [0.2, 0.25) is 0 Å². The first-order valence-electron chi connectivity index (χ1n) is 8.28. The Labute approximate surface area is 147 Å². The first-order chi connectivity index (χ1) is 12.5. The van der Waals surface area contributed by atoms with E-state index in [2.05, 4.69) is 20.3 Å². The van der Waals surface area contributed by atoms with Gasteiger partial charge in [-0.05, 0) is 31.9 Å². The molecule has 1 saturated carbocycles. The van der Waals surface area contributed by atoms with Gasteiger partial charge in [-0.3, -0.25) is 4.57 Å². The number of para-hydroxylation sites is 2. The van der Waals surface area contributed by atoms with Crippen LogP contribution >= 0.6 is 0 Å². The highest BCUT2D eigenvalue weighted by Crippen LogP contribution is 2.34. The molecule has 1 aromatic carbocycles. The zero-order valence-corrected chi connectivity index (χ0v) is 13.9. The lowest BCUT2D eigenvalue weighted by molar-refractivity contribution is -0.144. The van der Waals surface area contributed by atoms with E-state index in [1.165, 1.54) is 10.9 Å². The van der Waals surface area contributed by atoms with Crippen LogP contribution in [0.3, 0.4) is 0 Å². The predicted molar refractivity (Wildman–Crippen MR) is 89.5 cm³/mol. The van der Waals surface area contributed by atoms with Gasteiger partial charge in [0.1, 0.15) is 12.1 Å². The lowest BCUT2D eigenvalue weighted by Gasteiger charge is -2.13. The molecule has 1 N–H and O–H groups in total. The van der Waals surface area contributed by atoms with E-state index < -0.39 is 12.0 Å². The van der Waals surface area contributed by atoms with Crippen LogP contribution in [0.1, 0.15) is 25.6 Å². The van der Waals surface area contributed by atoms with Gasteiger partial charge in [0.2, 0.25) is 5.82 Å². The molecule has 6 nitrogen and oxygen atoms in total.